The number of benzene rings is 3. The molecule has 1 saturated heterocycles. The van der Waals surface area contributed by atoms with Crippen molar-refractivity contribution in [3.63, 3.8) is 0 Å². The van der Waals surface area contributed by atoms with Crippen molar-refractivity contribution in [3.05, 3.63) is 154 Å². The maximum atomic E-state index is 12.6. The number of nitrogens with two attached hydrogens (primary N) is 1. The van der Waals surface area contributed by atoms with Crippen molar-refractivity contribution in [3.8, 4) is 23.3 Å². The van der Waals surface area contributed by atoms with E-state index >= 15 is 0 Å². The molecule has 0 unspecified atom stereocenters. The van der Waals surface area contributed by atoms with E-state index in [1.807, 2.05) is 30.5 Å². The number of aromatic amines is 1. The van der Waals surface area contributed by atoms with Crippen LogP contribution in [0.2, 0.25) is 0 Å². The molecule has 1 spiro atoms. The van der Waals surface area contributed by atoms with Crippen molar-refractivity contribution in [1.82, 2.24) is 10.3 Å². The number of phenols is 1. The fraction of sp³-hybridized carbons (Fsp3) is 0.516. The SMILES string of the molecule is CC[C@@H]1Cc2cc(O)c(O[C@H]3C[C@@H](Cc4ccc[nH]4)C4=CCNC(N)=C4CSSC[C@H](CO)[C@@H]3O)cc2[C@H]2C[C@@H](O)[C@@H]3[C@@H](C#C[C@]4(C[C@H](O)CC[C@@H]3O)C[C@@H](c3ccccc3)[C@@H](Cc3ccccc3)C[C@H]4CO)C=C12. The predicted octanol–water partition coefficient (Wildman–Crippen LogP) is 8.31. The average Bonchev–Trinajstić information content (AvgIpc) is 3.88. The molecule has 3 aromatic carbocycles. The van der Waals surface area contributed by atoms with E-state index in [0.29, 0.717) is 75.2 Å². The van der Waals surface area contributed by atoms with Gasteiger partial charge in [0, 0.05) is 77.8 Å². The van der Waals surface area contributed by atoms with E-state index in [-0.39, 0.29) is 60.2 Å². The lowest BCUT2D eigenvalue weighted by molar-refractivity contribution is -0.0249. The minimum atomic E-state index is -1.08. The molecule has 6 aliphatic rings. The molecule has 75 heavy (non-hydrogen) atoms. The van der Waals surface area contributed by atoms with Gasteiger partial charge in [-0.2, -0.15) is 0 Å². The minimum Gasteiger partial charge on any atom is -0.504 e. The first kappa shape index (κ1) is 53.8. The van der Waals surface area contributed by atoms with Crippen molar-refractivity contribution in [1.29, 1.82) is 0 Å². The number of hydrogen-bond donors (Lipinski definition) is 10. The molecular weight excluding hydrogens is 979 g/mol. The van der Waals surface area contributed by atoms with Gasteiger partial charge in [0.25, 0.3) is 0 Å². The van der Waals surface area contributed by atoms with Gasteiger partial charge in [0.2, 0.25) is 0 Å². The molecule has 0 radical (unpaired) electrons. The normalized spacial score (nSPS) is 34.3. The van der Waals surface area contributed by atoms with E-state index in [4.69, 9.17) is 10.5 Å². The minimum absolute atomic E-state index is 0.0333. The number of phenolic OH excluding ortho intramolecular Hbond substituents is 1. The third-order valence-corrected chi connectivity index (χ3v) is 20.5. The van der Waals surface area contributed by atoms with Crippen LogP contribution in [0.4, 0.5) is 0 Å². The number of rotatable bonds is 10. The Kier molecular flexibility index (Phi) is 17.2. The number of nitrogens with one attached hydrogen (secondary N) is 2. The van der Waals surface area contributed by atoms with Gasteiger partial charge in [-0.05, 0) is 152 Å². The highest BCUT2D eigenvalue weighted by Gasteiger charge is 2.50. The summed E-state index contributed by atoms with van der Waals surface area (Å²) in [6, 6.07) is 28.9. The van der Waals surface area contributed by atoms with Gasteiger partial charge in [-0.25, -0.2) is 0 Å². The molecule has 0 bridgehead atoms. The van der Waals surface area contributed by atoms with Crippen molar-refractivity contribution < 1.29 is 40.5 Å². The van der Waals surface area contributed by atoms with Crippen LogP contribution in [0.1, 0.15) is 98.1 Å². The molecule has 1 aromatic heterocycles. The van der Waals surface area contributed by atoms with Gasteiger partial charge >= 0.3 is 0 Å². The van der Waals surface area contributed by atoms with Crippen LogP contribution in [0.5, 0.6) is 11.5 Å². The molecule has 11 N–H and O–H groups in total. The molecule has 0 amide bonds. The standard InChI is InChI=1S/C62H77N3O8S2/c1-2-38-23-42-27-55(70)57(73-58-28-43(25-46-14-9-20-64-46)48-18-21-65-61(63)53(48)36-75-74-35-44(33-66)60(58)72)30-50(42)51-29-56(71)59-40(26-49(38)51)17-19-62(31-47(68)15-16-54(59)69)32-52(39-12-7-4-8-13-39)41(24-45(62)34-67)22-37-10-5-3-6-11-37/h3-14,18,20,26-27,30,38,40-41,43-45,47,51-52,54,56,58-60,64-72H,2,15-16,21-25,28-29,31-36,63H2,1H3/t38-,40+,41+,43-,44+,45+,47-,51+,52+,54+,56-,58+,59-,60+,62+/m1/s1. The number of fused-ring (bicyclic) bond motifs is 5. The second-order valence-corrected chi connectivity index (χ2v) is 25.1. The maximum absolute atomic E-state index is 12.6. The van der Waals surface area contributed by atoms with E-state index < -0.39 is 53.7 Å². The first-order valence-corrected chi connectivity index (χ1v) is 30.0. The van der Waals surface area contributed by atoms with Crippen LogP contribution in [0.25, 0.3) is 0 Å². The fourth-order valence-corrected chi connectivity index (χ4v) is 16.6. The first-order valence-electron chi connectivity index (χ1n) is 27.5. The molecule has 2 aliphatic heterocycles. The average molecular weight is 1060 g/mol. The van der Waals surface area contributed by atoms with E-state index in [0.717, 1.165) is 52.8 Å². The largest absolute Gasteiger partial charge is 0.504 e. The lowest BCUT2D eigenvalue weighted by Crippen LogP contribution is -2.45. The topological polar surface area (TPSA) is 205 Å². The van der Waals surface area contributed by atoms with E-state index in [1.54, 1.807) is 27.7 Å². The van der Waals surface area contributed by atoms with Crippen LogP contribution in [0.15, 0.2) is 126 Å². The lowest BCUT2D eigenvalue weighted by Gasteiger charge is -2.49. The highest BCUT2D eigenvalue weighted by Crippen LogP contribution is 2.55. The smallest absolute Gasteiger partial charge is 0.161 e. The monoisotopic (exact) mass is 1060 g/mol. The molecule has 15 atom stereocenters. The van der Waals surface area contributed by atoms with Crippen LogP contribution >= 0.6 is 21.6 Å². The first-order chi connectivity index (χ1) is 36.4. The Labute approximate surface area is 451 Å². The van der Waals surface area contributed by atoms with Crippen LogP contribution < -0.4 is 15.8 Å². The number of allylic oxidation sites excluding steroid dienone is 3. The molecule has 3 heterocycles. The van der Waals surface area contributed by atoms with Crippen LogP contribution in [-0.4, -0.2) is 103 Å². The number of ether oxygens (including phenoxy) is 1. The summed E-state index contributed by atoms with van der Waals surface area (Å²) in [5, 5.41) is 86.3. The van der Waals surface area contributed by atoms with Gasteiger partial charge < -0.3 is 56.5 Å². The Morgan fingerprint density at radius 3 is 2.39 bits per heavy atom. The van der Waals surface area contributed by atoms with Crippen molar-refractivity contribution in [2.24, 2.45) is 52.6 Å². The zero-order chi connectivity index (χ0) is 52.2. The molecule has 4 aliphatic carbocycles. The number of aliphatic hydroxyl groups is 6. The van der Waals surface area contributed by atoms with Crippen LogP contribution in [0, 0.1) is 58.7 Å². The second kappa shape index (κ2) is 24.0. The van der Waals surface area contributed by atoms with Gasteiger partial charge in [0.15, 0.2) is 11.5 Å². The Bertz CT molecular complexity index is 2720. The van der Waals surface area contributed by atoms with Crippen LogP contribution in [-0.2, 0) is 19.3 Å². The lowest BCUT2D eigenvalue weighted by atomic mass is 9.55. The number of H-pyrrole nitrogens is 1. The summed E-state index contributed by atoms with van der Waals surface area (Å²) >= 11 is 0. The highest BCUT2D eigenvalue weighted by atomic mass is 33.1. The molecule has 11 nitrogen and oxygen atoms in total. The quantitative estimate of drug-likeness (QED) is 0.0414. The van der Waals surface area contributed by atoms with Gasteiger partial charge in [0.1, 0.15) is 11.9 Å². The van der Waals surface area contributed by atoms with E-state index in [2.05, 4.69) is 95.8 Å². The number of aliphatic hydroxyl groups excluding tert-OH is 6. The summed E-state index contributed by atoms with van der Waals surface area (Å²) in [5.41, 5.74) is 14.6. The Hall–Kier alpha value is -4.62. The summed E-state index contributed by atoms with van der Waals surface area (Å²) in [6.07, 6.45) is 7.86. The van der Waals surface area contributed by atoms with Gasteiger partial charge in [-0.15, -0.1) is 0 Å². The Balaban J connectivity index is 1.02. The summed E-state index contributed by atoms with van der Waals surface area (Å²) < 4.78 is 6.95. The second-order valence-electron chi connectivity index (χ2n) is 22.6. The van der Waals surface area contributed by atoms with Crippen molar-refractivity contribution in [2.45, 2.75) is 120 Å². The van der Waals surface area contributed by atoms with Crippen molar-refractivity contribution in [2.75, 3.05) is 31.3 Å². The Morgan fingerprint density at radius 1 is 0.840 bits per heavy atom. The molecule has 2 fully saturated rings. The highest BCUT2D eigenvalue weighted by molar-refractivity contribution is 8.76. The van der Waals surface area contributed by atoms with Crippen molar-refractivity contribution >= 4 is 21.6 Å². The number of dihydropyridines is 1. The number of aromatic nitrogens is 1. The van der Waals surface area contributed by atoms with Crippen LogP contribution in [0.3, 0.4) is 0 Å². The fourth-order valence-electron chi connectivity index (χ4n) is 14.1. The molecular formula is C62H77N3O8S2. The van der Waals surface area contributed by atoms with Gasteiger partial charge in [-0.1, -0.05) is 119 Å². The molecule has 10 rings (SSSR count). The predicted molar refractivity (Wildman–Crippen MR) is 299 cm³/mol. The number of aromatic hydroxyl groups is 1. The zero-order valence-corrected chi connectivity index (χ0v) is 44.8. The van der Waals surface area contributed by atoms with Gasteiger partial charge in [0.05, 0.1) is 24.4 Å². The summed E-state index contributed by atoms with van der Waals surface area (Å²) in [4.78, 5) is 3.37. The maximum Gasteiger partial charge on any atom is 0.161 e. The third-order valence-electron chi connectivity index (χ3n) is 18.1. The summed E-state index contributed by atoms with van der Waals surface area (Å²) in [6.45, 7) is 2.44. The summed E-state index contributed by atoms with van der Waals surface area (Å²) in [7, 11) is 3.24. The molecule has 13 heteroatoms. The van der Waals surface area contributed by atoms with E-state index in [1.165, 1.54) is 11.1 Å². The van der Waals surface area contributed by atoms with Gasteiger partial charge in [-0.3, -0.25) is 0 Å². The van der Waals surface area contributed by atoms with E-state index in [9.17, 15) is 35.7 Å². The third kappa shape index (κ3) is 11.7. The molecule has 1 saturated carbocycles. The number of hydrogen-bond acceptors (Lipinski definition) is 12. The summed E-state index contributed by atoms with van der Waals surface area (Å²) in [5.74, 6) is 7.71. The zero-order valence-electron chi connectivity index (χ0n) is 43.1. The Morgan fingerprint density at radius 2 is 1.64 bits per heavy atom. The molecule has 400 valence electrons. The molecule has 4 aromatic rings.